The second-order valence-corrected chi connectivity index (χ2v) is 10.2. The lowest BCUT2D eigenvalue weighted by molar-refractivity contribution is 0.892. The molecule has 0 atom stereocenters. The van der Waals surface area contributed by atoms with Crippen LogP contribution in [0.3, 0.4) is 0 Å². The number of H-pyrrole nitrogens is 2. The van der Waals surface area contributed by atoms with E-state index in [1.807, 2.05) is 60.7 Å². The van der Waals surface area contributed by atoms with Crippen molar-refractivity contribution in [2.75, 3.05) is 0 Å². The van der Waals surface area contributed by atoms with Gasteiger partial charge >= 0.3 is 0 Å². The van der Waals surface area contributed by atoms with Crippen molar-refractivity contribution >= 4 is 23.2 Å². The van der Waals surface area contributed by atoms with Crippen LogP contribution in [0.4, 0.5) is 0 Å². The maximum absolute atomic E-state index is 4.49. The topological polar surface area (TPSA) is 90.9 Å². The summed E-state index contributed by atoms with van der Waals surface area (Å²) in [6, 6.07) is 32.8. The van der Waals surface area contributed by atoms with Crippen molar-refractivity contribution in [1.29, 1.82) is 0 Å². The number of rotatable bonds is 6. The van der Waals surface area contributed by atoms with Crippen LogP contribution < -0.4 is 11.0 Å². The predicted molar refractivity (Wildman–Crippen MR) is 169 cm³/mol. The van der Waals surface area contributed by atoms with Gasteiger partial charge in [0.05, 0.1) is 12.4 Å². The van der Waals surface area contributed by atoms with Gasteiger partial charge in [-0.1, -0.05) is 60.7 Å². The smallest absolute Gasteiger partial charge is 0.175 e. The van der Waals surface area contributed by atoms with Crippen LogP contribution in [0.15, 0.2) is 117 Å². The van der Waals surface area contributed by atoms with Gasteiger partial charge < -0.3 is 9.13 Å². The van der Waals surface area contributed by atoms with Crippen LogP contribution in [0.2, 0.25) is 0 Å². The number of aromatic amines is 2. The average molecular weight is 553 g/mol. The zero-order valence-electron chi connectivity index (χ0n) is 24.1. The van der Waals surface area contributed by atoms with Crippen LogP contribution in [0.1, 0.15) is 33.9 Å². The Balaban J connectivity index is 1.31. The number of hydrogen-bond donors (Lipinski definition) is 2. The van der Waals surface area contributed by atoms with Crippen LogP contribution >= 0.6 is 0 Å². The number of benzene rings is 3. The maximum atomic E-state index is 4.49. The summed E-state index contributed by atoms with van der Waals surface area (Å²) in [6.07, 6.45) is 3.58. The zero-order valence-corrected chi connectivity index (χ0v) is 24.1. The van der Waals surface area contributed by atoms with E-state index in [2.05, 4.69) is 104 Å². The summed E-state index contributed by atoms with van der Waals surface area (Å²) in [7, 11) is 0. The summed E-state index contributed by atoms with van der Waals surface area (Å²) in [5.74, 6) is 0. The molecule has 208 valence electrons. The zero-order chi connectivity index (χ0) is 29.1. The Morgan fingerprint density at radius 3 is 1.31 bits per heavy atom. The van der Waals surface area contributed by atoms with Gasteiger partial charge in [-0.2, -0.15) is 10.2 Å². The molecule has 0 bridgehead atoms. The molecule has 6 aromatic rings. The standard InChI is InChI=1S/C34H32N8/c1-23-19-27(25(3)41(23)29-13-7-5-8-14-29)21-35-37-33-31-17-11-12-18-32(31)34(40-39-33)38-36-22-28-20-24(2)42(26(28)4)30-15-9-6-10-16-30/h5-22H,1-4H3,(H,37,39)(H,38,40). The molecular weight excluding hydrogens is 520 g/mol. The van der Waals surface area contributed by atoms with Crippen molar-refractivity contribution in [3.63, 3.8) is 0 Å². The van der Waals surface area contributed by atoms with Crippen molar-refractivity contribution in [2.24, 2.45) is 20.4 Å². The maximum Gasteiger partial charge on any atom is 0.175 e. The molecule has 0 aliphatic heterocycles. The van der Waals surface area contributed by atoms with Crippen molar-refractivity contribution in [3.8, 4) is 11.4 Å². The Kier molecular flexibility index (Phi) is 7.34. The highest BCUT2D eigenvalue weighted by molar-refractivity contribution is 5.83. The lowest BCUT2D eigenvalue weighted by Gasteiger charge is -2.08. The van der Waals surface area contributed by atoms with E-state index in [0.29, 0.717) is 11.0 Å². The number of nitrogens with zero attached hydrogens (tertiary/aromatic N) is 6. The summed E-state index contributed by atoms with van der Waals surface area (Å²) in [5.41, 5.74) is 9.98. The van der Waals surface area contributed by atoms with Crippen LogP contribution in [0.5, 0.6) is 0 Å². The van der Waals surface area contributed by atoms with Gasteiger partial charge in [0.1, 0.15) is 0 Å². The molecule has 0 amide bonds. The lowest BCUT2D eigenvalue weighted by atomic mass is 10.2. The molecule has 0 unspecified atom stereocenters. The molecule has 3 aromatic carbocycles. The summed E-state index contributed by atoms with van der Waals surface area (Å²) in [4.78, 5) is 0. The molecule has 0 aliphatic carbocycles. The van der Waals surface area contributed by atoms with Gasteiger partial charge in [-0.25, -0.2) is 0 Å². The summed E-state index contributed by atoms with van der Waals surface area (Å²) in [5, 5.41) is 25.9. The Labute approximate surface area is 243 Å². The lowest BCUT2D eigenvalue weighted by Crippen LogP contribution is -2.20. The molecule has 2 N–H and O–H groups in total. The van der Waals surface area contributed by atoms with E-state index in [1.54, 1.807) is 12.4 Å². The molecule has 0 fully saturated rings. The average Bonchev–Trinajstić information content (AvgIpc) is 3.46. The third kappa shape index (κ3) is 5.17. The highest BCUT2D eigenvalue weighted by Crippen LogP contribution is 2.20. The quantitative estimate of drug-likeness (QED) is 0.183. The van der Waals surface area contributed by atoms with Gasteiger partial charge in [0, 0.05) is 56.0 Å². The first kappa shape index (κ1) is 26.7. The molecule has 3 aromatic heterocycles. The highest BCUT2D eigenvalue weighted by Gasteiger charge is 2.10. The van der Waals surface area contributed by atoms with Crippen LogP contribution in [-0.4, -0.2) is 31.8 Å². The number of aromatic nitrogens is 4. The van der Waals surface area contributed by atoms with Gasteiger partial charge in [0.2, 0.25) is 0 Å². The molecule has 0 saturated carbocycles. The minimum Gasteiger partial charge on any atom is -0.318 e. The minimum atomic E-state index is 0.605. The number of nitrogens with one attached hydrogen (secondary N) is 2. The van der Waals surface area contributed by atoms with E-state index < -0.39 is 0 Å². The van der Waals surface area contributed by atoms with E-state index in [4.69, 9.17) is 0 Å². The number of para-hydroxylation sites is 2. The van der Waals surface area contributed by atoms with Crippen LogP contribution in [0, 0.1) is 27.7 Å². The molecule has 0 spiro atoms. The van der Waals surface area contributed by atoms with Crippen molar-refractivity contribution in [2.45, 2.75) is 27.7 Å². The molecule has 42 heavy (non-hydrogen) atoms. The molecule has 6 rings (SSSR count). The van der Waals surface area contributed by atoms with Gasteiger partial charge in [-0.15, -0.1) is 10.2 Å². The fraction of sp³-hybridized carbons (Fsp3) is 0.118. The number of hydrogen-bond acceptors (Lipinski definition) is 4. The molecule has 0 aliphatic rings. The third-order valence-corrected chi connectivity index (χ3v) is 7.42. The monoisotopic (exact) mass is 552 g/mol. The Morgan fingerprint density at radius 1 is 0.524 bits per heavy atom. The molecule has 3 heterocycles. The SMILES string of the molecule is Cc1cc(C=NN=c2[nH][nH]c(=NN=Cc3cc(C)n(-c4ccccc4)c3C)c3ccccc23)c(C)n1-c1ccccc1. The molecule has 8 nitrogen and oxygen atoms in total. The number of fused-ring (bicyclic) bond motifs is 1. The van der Waals surface area contributed by atoms with E-state index in [0.717, 1.165) is 56.0 Å². The fourth-order valence-electron chi connectivity index (χ4n) is 5.39. The minimum absolute atomic E-state index is 0.605. The Hall–Kier alpha value is -5.50. The molecule has 0 saturated heterocycles. The first-order valence-corrected chi connectivity index (χ1v) is 13.8. The summed E-state index contributed by atoms with van der Waals surface area (Å²) >= 11 is 0. The summed E-state index contributed by atoms with van der Waals surface area (Å²) in [6.45, 7) is 8.37. The van der Waals surface area contributed by atoms with Crippen molar-refractivity contribution < 1.29 is 0 Å². The van der Waals surface area contributed by atoms with E-state index >= 15 is 0 Å². The predicted octanol–water partition coefficient (Wildman–Crippen LogP) is 6.18. The Bertz CT molecular complexity index is 1920. The normalized spacial score (nSPS) is 12.9. The third-order valence-electron chi connectivity index (χ3n) is 7.42. The molecule has 0 radical (unpaired) electrons. The fourth-order valence-corrected chi connectivity index (χ4v) is 5.39. The van der Waals surface area contributed by atoms with Crippen LogP contribution in [-0.2, 0) is 0 Å². The first-order valence-electron chi connectivity index (χ1n) is 13.8. The number of aryl methyl sites for hydroxylation is 2. The highest BCUT2D eigenvalue weighted by atomic mass is 15.3. The van der Waals surface area contributed by atoms with Gasteiger partial charge in [0.15, 0.2) is 11.0 Å². The van der Waals surface area contributed by atoms with E-state index in [-0.39, 0.29) is 0 Å². The van der Waals surface area contributed by atoms with Gasteiger partial charge in [-0.3, -0.25) is 10.2 Å². The van der Waals surface area contributed by atoms with Gasteiger partial charge in [0.25, 0.3) is 0 Å². The van der Waals surface area contributed by atoms with E-state index in [9.17, 15) is 0 Å². The summed E-state index contributed by atoms with van der Waals surface area (Å²) < 4.78 is 4.43. The van der Waals surface area contributed by atoms with E-state index in [1.165, 1.54) is 0 Å². The second kappa shape index (κ2) is 11.5. The largest absolute Gasteiger partial charge is 0.318 e. The molecule has 8 heteroatoms. The van der Waals surface area contributed by atoms with Crippen molar-refractivity contribution in [1.82, 2.24) is 19.3 Å². The second-order valence-electron chi connectivity index (χ2n) is 10.2. The Morgan fingerprint density at radius 2 is 0.905 bits per heavy atom. The van der Waals surface area contributed by atoms with Gasteiger partial charge in [-0.05, 0) is 64.1 Å². The first-order chi connectivity index (χ1) is 20.5. The molecular formula is C34H32N8. The van der Waals surface area contributed by atoms with Crippen molar-refractivity contribution in [3.05, 3.63) is 142 Å². The van der Waals surface area contributed by atoms with Crippen LogP contribution in [0.25, 0.3) is 22.1 Å².